The van der Waals surface area contributed by atoms with Crippen LogP contribution in [-0.2, 0) is 4.79 Å². The molecule has 1 aromatic rings. The summed E-state index contributed by atoms with van der Waals surface area (Å²) in [5.74, 6) is -0.798. The third-order valence-corrected chi connectivity index (χ3v) is 2.32. The zero-order valence-electron chi connectivity index (χ0n) is 7.57. The van der Waals surface area contributed by atoms with E-state index in [1.165, 1.54) is 11.3 Å². The highest BCUT2D eigenvalue weighted by molar-refractivity contribution is 7.15. The van der Waals surface area contributed by atoms with E-state index in [1.54, 1.807) is 6.20 Å². The molecular formula is C8H12N2O2S. The van der Waals surface area contributed by atoms with Gasteiger partial charge in [0, 0.05) is 17.1 Å². The van der Waals surface area contributed by atoms with Crippen molar-refractivity contribution in [3.05, 3.63) is 11.1 Å². The number of nitrogens with one attached hydrogen (secondary N) is 1. The number of anilines is 1. The molecule has 5 heteroatoms. The van der Waals surface area contributed by atoms with Crippen LogP contribution in [0.5, 0.6) is 0 Å². The maximum Gasteiger partial charge on any atom is 0.305 e. The van der Waals surface area contributed by atoms with Crippen LogP contribution >= 0.6 is 11.3 Å². The fraction of sp³-hybridized carbons (Fsp3) is 0.500. The van der Waals surface area contributed by atoms with Gasteiger partial charge >= 0.3 is 5.97 Å². The summed E-state index contributed by atoms with van der Waals surface area (Å²) in [4.78, 5) is 15.5. The number of aliphatic carboxylic acids is 1. The molecule has 0 amide bonds. The van der Waals surface area contributed by atoms with Gasteiger partial charge in [-0.05, 0) is 13.8 Å². The number of hydrogen-bond acceptors (Lipinski definition) is 4. The van der Waals surface area contributed by atoms with Crippen molar-refractivity contribution in [1.29, 1.82) is 0 Å². The van der Waals surface area contributed by atoms with E-state index in [1.807, 2.05) is 13.8 Å². The summed E-state index contributed by atoms with van der Waals surface area (Å²) in [6, 6.07) is -0.0805. The Morgan fingerprint density at radius 1 is 1.85 bits per heavy atom. The van der Waals surface area contributed by atoms with Gasteiger partial charge in [0.2, 0.25) is 0 Å². The number of rotatable bonds is 4. The van der Waals surface area contributed by atoms with Gasteiger partial charge in [-0.2, -0.15) is 0 Å². The van der Waals surface area contributed by atoms with Crippen molar-refractivity contribution in [3.63, 3.8) is 0 Å². The smallest absolute Gasteiger partial charge is 0.305 e. The van der Waals surface area contributed by atoms with Crippen LogP contribution in [-0.4, -0.2) is 22.1 Å². The summed E-state index contributed by atoms with van der Waals surface area (Å²) < 4.78 is 0. The van der Waals surface area contributed by atoms with E-state index in [0.717, 1.165) is 10.0 Å². The first-order valence-electron chi connectivity index (χ1n) is 3.98. The van der Waals surface area contributed by atoms with Gasteiger partial charge in [0.15, 0.2) is 5.13 Å². The van der Waals surface area contributed by atoms with Crippen molar-refractivity contribution in [1.82, 2.24) is 4.98 Å². The molecule has 1 atom stereocenters. The summed E-state index contributed by atoms with van der Waals surface area (Å²) in [5.41, 5.74) is 0. The molecule has 0 aliphatic rings. The quantitative estimate of drug-likeness (QED) is 0.777. The highest BCUT2D eigenvalue weighted by Gasteiger charge is 2.08. The molecule has 0 saturated heterocycles. The van der Waals surface area contributed by atoms with Crippen LogP contribution in [0.2, 0.25) is 0 Å². The minimum Gasteiger partial charge on any atom is -0.481 e. The van der Waals surface area contributed by atoms with Gasteiger partial charge in [-0.1, -0.05) is 0 Å². The van der Waals surface area contributed by atoms with E-state index in [2.05, 4.69) is 10.3 Å². The Morgan fingerprint density at radius 2 is 2.54 bits per heavy atom. The lowest BCUT2D eigenvalue weighted by Crippen LogP contribution is -2.18. The third kappa shape index (κ3) is 3.42. The monoisotopic (exact) mass is 200 g/mol. The molecule has 4 nitrogen and oxygen atoms in total. The Morgan fingerprint density at radius 3 is 3.00 bits per heavy atom. The molecule has 1 heterocycles. The SMILES string of the molecule is Cc1cnc(NC(C)CC(=O)O)s1. The molecule has 13 heavy (non-hydrogen) atoms. The van der Waals surface area contributed by atoms with Crippen molar-refractivity contribution < 1.29 is 9.90 Å². The number of hydrogen-bond donors (Lipinski definition) is 2. The maximum absolute atomic E-state index is 10.3. The van der Waals surface area contributed by atoms with Gasteiger partial charge < -0.3 is 10.4 Å². The fourth-order valence-corrected chi connectivity index (χ4v) is 1.72. The van der Waals surface area contributed by atoms with Gasteiger partial charge in [-0.3, -0.25) is 4.79 Å². The minimum absolute atomic E-state index is 0.0805. The first-order chi connectivity index (χ1) is 6.08. The average molecular weight is 200 g/mol. The van der Waals surface area contributed by atoms with E-state index in [4.69, 9.17) is 5.11 Å². The Hall–Kier alpha value is -1.10. The van der Waals surface area contributed by atoms with Crippen molar-refractivity contribution in [2.24, 2.45) is 0 Å². The molecule has 0 aliphatic heterocycles. The van der Waals surface area contributed by atoms with Gasteiger partial charge in [0.25, 0.3) is 0 Å². The van der Waals surface area contributed by atoms with Gasteiger partial charge in [-0.25, -0.2) is 4.98 Å². The zero-order valence-corrected chi connectivity index (χ0v) is 8.39. The van der Waals surface area contributed by atoms with E-state index in [9.17, 15) is 4.79 Å². The van der Waals surface area contributed by atoms with Crippen LogP contribution in [0.3, 0.4) is 0 Å². The number of nitrogens with zero attached hydrogens (tertiary/aromatic N) is 1. The van der Waals surface area contributed by atoms with Crippen molar-refractivity contribution in [2.45, 2.75) is 26.3 Å². The number of carbonyl (C=O) groups is 1. The largest absolute Gasteiger partial charge is 0.481 e. The Labute approximate surface area is 80.6 Å². The molecule has 0 aromatic carbocycles. The van der Waals surface area contributed by atoms with Gasteiger partial charge in [0.05, 0.1) is 6.42 Å². The molecular weight excluding hydrogens is 188 g/mol. The first kappa shape index (κ1) is 9.98. The lowest BCUT2D eigenvalue weighted by molar-refractivity contribution is -0.137. The Balaban J connectivity index is 2.44. The number of carboxylic acid groups (broad SMARTS) is 1. The Bertz CT molecular complexity index is 298. The second-order valence-electron chi connectivity index (χ2n) is 2.92. The van der Waals surface area contributed by atoms with Crippen LogP contribution in [0.25, 0.3) is 0 Å². The second-order valence-corrected chi connectivity index (χ2v) is 4.15. The summed E-state index contributed by atoms with van der Waals surface area (Å²) in [6.45, 7) is 3.79. The van der Waals surface area contributed by atoms with E-state index in [0.29, 0.717) is 0 Å². The number of aryl methyl sites for hydroxylation is 1. The van der Waals surface area contributed by atoms with Crippen molar-refractivity contribution in [2.75, 3.05) is 5.32 Å². The molecule has 0 saturated carbocycles. The molecule has 72 valence electrons. The molecule has 1 aromatic heterocycles. The lowest BCUT2D eigenvalue weighted by Gasteiger charge is -2.08. The predicted molar refractivity (Wildman–Crippen MR) is 52.2 cm³/mol. The van der Waals surface area contributed by atoms with E-state index in [-0.39, 0.29) is 12.5 Å². The number of thiazole rings is 1. The summed E-state index contributed by atoms with van der Waals surface area (Å²) in [6.07, 6.45) is 1.87. The predicted octanol–water partition coefficient (Wildman–Crippen LogP) is 1.73. The molecule has 2 N–H and O–H groups in total. The molecule has 0 fully saturated rings. The van der Waals surface area contributed by atoms with Crippen LogP contribution in [0.4, 0.5) is 5.13 Å². The third-order valence-electron chi connectivity index (χ3n) is 1.47. The molecule has 0 aliphatic carbocycles. The highest BCUT2D eigenvalue weighted by Crippen LogP contribution is 2.17. The first-order valence-corrected chi connectivity index (χ1v) is 4.80. The molecule has 0 bridgehead atoms. The normalized spacial score (nSPS) is 12.5. The van der Waals surface area contributed by atoms with Crippen LogP contribution in [0, 0.1) is 6.92 Å². The summed E-state index contributed by atoms with van der Waals surface area (Å²) in [5, 5.41) is 12.3. The van der Waals surface area contributed by atoms with Crippen molar-refractivity contribution >= 4 is 22.4 Å². The minimum atomic E-state index is -0.798. The van der Waals surface area contributed by atoms with Crippen molar-refractivity contribution in [3.8, 4) is 0 Å². The van der Waals surface area contributed by atoms with E-state index >= 15 is 0 Å². The fourth-order valence-electron chi connectivity index (χ4n) is 0.945. The molecule has 1 rings (SSSR count). The lowest BCUT2D eigenvalue weighted by atomic mass is 10.2. The molecule has 1 unspecified atom stereocenters. The molecule has 0 spiro atoms. The standard InChI is InChI=1S/C8H12N2O2S/c1-5(3-7(11)12)10-8-9-4-6(2)13-8/h4-5H,3H2,1-2H3,(H,9,10)(H,11,12). The average Bonchev–Trinajstić information content (AvgIpc) is 2.33. The van der Waals surface area contributed by atoms with Crippen LogP contribution in [0.15, 0.2) is 6.20 Å². The Kier molecular flexibility index (Phi) is 3.25. The summed E-state index contributed by atoms with van der Waals surface area (Å²) >= 11 is 1.53. The second kappa shape index (κ2) is 4.23. The topological polar surface area (TPSA) is 62.2 Å². The van der Waals surface area contributed by atoms with Crippen LogP contribution < -0.4 is 5.32 Å². The van der Waals surface area contributed by atoms with Crippen LogP contribution in [0.1, 0.15) is 18.2 Å². The van der Waals surface area contributed by atoms with E-state index < -0.39 is 5.97 Å². The highest BCUT2D eigenvalue weighted by atomic mass is 32.1. The zero-order chi connectivity index (χ0) is 9.84. The number of carboxylic acids is 1. The maximum atomic E-state index is 10.3. The van der Waals surface area contributed by atoms with Gasteiger partial charge in [-0.15, -0.1) is 11.3 Å². The molecule has 0 radical (unpaired) electrons. The van der Waals surface area contributed by atoms with Gasteiger partial charge in [0.1, 0.15) is 0 Å². The number of aromatic nitrogens is 1. The summed E-state index contributed by atoms with van der Waals surface area (Å²) in [7, 11) is 0.